The number of nitrogens with one attached hydrogen (secondary N) is 1. The van der Waals surface area contributed by atoms with Gasteiger partial charge in [0.25, 0.3) is 0 Å². The Labute approximate surface area is 133 Å². The third-order valence-electron chi connectivity index (χ3n) is 3.30. The molecule has 0 saturated heterocycles. The molecule has 1 amide bonds. The third kappa shape index (κ3) is 4.82. The Hall–Kier alpha value is -1.40. The predicted octanol–water partition coefficient (Wildman–Crippen LogP) is 2.94. The quantitative estimate of drug-likeness (QED) is 0.767. The Bertz CT molecular complexity index is 520. The number of halogens is 1. The number of ether oxygens (including phenoxy) is 1. The van der Waals surface area contributed by atoms with Gasteiger partial charge in [0.1, 0.15) is 0 Å². The Morgan fingerprint density at radius 3 is 2.57 bits per heavy atom. The molecule has 0 heterocycles. The molecule has 116 valence electrons. The molecule has 0 aliphatic rings. The molecular weight excluding hydrogens is 336 g/mol. The lowest BCUT2D eigenvalue weighted by Gasteiger charge is -2.18. The number of hydrogen-bond acceptors (Lipinski definition) is 4. The molecule has 5 nitrogen and oxygen atoms in total. The van der Waals surface area contributed by atoms with Crippen molar-refractivity contribution in [3.05, 3.63) is 28.2 Å². The molecule has 1 rings (SSSR count). The summed E-state index contributed by atoms with van der Waals surface area (Å²) in [5, 5.41) is 2.76. The molecule has 0 radical (unpaired) electrons. The van der Waals surface area contributed by atoms with Gasteiger partial charge in [-0.25, -0.2) is 4.79 Å². The fraction of sp³-hybridized carbons (Fsp3) is 0.467. The van der Waals surface area contributed by atoms with Crippen LogP contribution in [-0.4, -0.2) is 24.5 Å². The monoisotopic (exact) mass is 356 g/mol. The lowest BCUT2D eigenvalue weighted by molar-refractivity contribution is -0.118. The number of esters is 1. The van der Waals surface area contributed by atoms with Gasteiger partial charge in [0.05, 0.1) is 23.9 Å². The zero-order valence-corrected chi connectivity index (χ0v) is 14.1. The van der Waals surface area contributed by atoms with Crippen LogP contribution in [0.1, 0.15) is 37.6 Å². The van der Waals surface area contributed by atoms with E-state index in [4.69, 9.17) is 10.5 Å². The highest BCUT2D eigenvalue weighted by Crippen LogP contribution is 2.24. The largest absolute Gasteiger partial charge is 0.462 e. The van der Waals surface area contributed by atoms with E-state index >= 15 is 0 Å². The molecular formula is C15H21BrN2O3. The normalized spacial score (nSPS) is 13.4. The maximum absolute atomic E-state index is 12.0. The topological polar surface area (TPSA) is 81.4 Å². The van der Waals surface area contributed by atoms with Crippen LogP contribution in [0.25, 0.3) is 0 Å². The second-order valence-electron chi connectivity index (χ2n) is 4.82. The highest BCUT2D eigenvalue weighted by molar-refractivity contribution is 9.10. The van der Waals surface area contributed by atoms with Crippen molar-refractivity contribution >= 4 is 33.5 Å². The van der Waals surface area contributed by atoms with Crippen molar-refractivity contribution in [2.75, 3.05) is 11.9 Å². The maximum Gasteiger partial charge on any atom is 0.338 e. The maximum atomic E-state index is 12.0. The van der Waals surface area contributed by atoms with Gasteiger partial charge >= 0.3 is 5.97 Å². The van der Waals surface area contributed by atoms with Gasteiger partial charge in [0.2, 0.25) is 5.91 Å². The molecule has 2 atom stereocenters. The molecule has 6 heteroatoms. The summed E-state index contributed by atoms with van der Waals surface area (Å²) in [6.45, 7) is 5.99. The number of hydrogen-bond donors (Lipinski definition) is 2. The van der Waals surface area contributed by atoms with E-state index in [0.717, 1.165) is 6.42 Å². The SMILES string of the molecule is CCOC(=O)c1ccc(NC(=O)[C@@H](N)[C@@H](C)CC)c(Br)c1. The molecule has 0 spiro atoms. The summed E-state index contributed by atoms with van der Waals surface area (Å²) in [4.78, 5) is 23.7. The zero-order chi connectivity index (χ0) is 16.0. The number of anilines is 1. The van der Waals surface area contributed by atoms with Crippen LogP contribution in [0.2, 0.25) is 0 Å². The second kappa shape index (κ2) is 8.14. The van der Waals surface area contributed by atoms with Crippen LogP contribution in [0.5, 0.6) is 0 Å². The molecule has 0 bridgehead atoms. The smallest absolute Gasteiger partial charge is 0.338 e. The lowest BCUT2D eigenvalue weighted by atomic mass is 9.99. The van der Waals surface area contributed by atoms with E-state index < -0.39 is 12.0 Å². The van der Waals surface area contributed by atoms with Gasteiger partial charge in [-0.1, -0.05) is 20.3 Å². The number of carbonyl (C=O) groups excluding carboxylic acids is 2. The van der Waals surface area contributed by atoms with Gasteiger partial charge in [-0.3, -0.25) is 4.79 Å². The van der Waals surface area contributed by atoms with E-state index in [1.807, 2.05) is 13.8 Å². The van der Waals surface area contributed by atoms with Gasteiger partial charge in [-0.2, -0.15) is 0 Å². The highest BCUT2D eigenvalue weighted by atomic mass is 79.9. The number of rotatable bonds is 6. The summed E-state index contributed by atoms with van der Waals surface area (Å²) in [5.74, 6) is -0.538. The average Bonchev–Trinajstić information content (AvgIpc) is 2.47. The number of amides is 1. The van der Waals surface area contributed by atoms with Crippen LogP contribution in [0, 0.1) is 5.92 Å². The molecule has 0 fully saturated rings. The molecule has 0 aliphatic carbocycles. The van der Waals surface area contributed by atoms with Crippen LogP contribution in [-0.2, 0) is 9.53 Å². The van der Waals surface area contributed by atoms with Crippen LogP contribution in [0.3, 0.4) is 0 Å². The first-order chi connectivity index (χ1) is 9.90. The van der Waals surface area contributed by atoms with Crippen LogP contribution in [0.15, 0.2) is 22.7 Å². The minimum atomic E-state index is -0.563. The second-order valence-corrected chi connectivity index (χ2v) is 5.67. The van der Waals surface area contributed by atoms with Gasteiger partial charge in [-0.05, 0) is 47.0 Å². The minimum Gasteiger partial charge on any atom is -0.462 e. The first kappa shape index (κ1) is 17.7. The number of benzene rings is 1. The van der Waals surface area contributed by atoms with Gasteiger partial charge in [0.15, 0.2) is 0 Å². The summed E-state index contributed by atoms with van der Waals surface area (Å²) >= 11 is 3.33. The molecule has 0 saturated carbocycles. The Morgan fingerprint density at radius 1 is 1.38 bits per heavy atom. The summed E-state index contributed by atoms with van der Waals surface area (Å²) in [7, 11) is 0. The van der Waals surface area contributed by atoms with Crippen molar-refractivity contribution in [1.82, 2.24) is 0 Å². The van der Waals surface area contributed by atoms with E-state index in [9.17, 15) is 9.59 Å². The first-order valence-corrected chi connectivity index (χ1v) is 7.73. The fourth-order valence-corrected chi connectivity index (χ4v) is 2.16. The van der Waals surface area contributed by atoms with Gasteiger partial charge in [0, 0.05) is 4.47 Å². The van der Waals surface area contributed by atoms with Gasteiger partial charge < -0.3 is 15.8 Å². The summed E-state index contributed by atoms with van der Waals surface area (Å²) < 4.78 is 5.53. The molecule has 3 N–H and O–H groups in total. The van der Waals surface area contributed by atoms with Crippen molar-refractivity contribution < 1.29 is 14.3 Å². The molecule has 0 unspecified atom stereocenters. The molecule has 1 aromatic carbocycles. The molecule has 0 aromatic heterocycles. The molecule has 1 aromatic rings. The van der Waals surface area contributed by atoms with E-state index in [1.165, 1.54) is 0 Å². The van der Waals surface area contributed by atoms with Crippen LogP contribution in [0.4, 0.5) is 5.69 Å². The predicted molar refractivity (Wildman–Crippen MR) is 86.2 cm³/mol. The Morgan fingerprint density at radius 2 is 2.05 bits per heavy atom. The van der Waals surface area contributed by atoms with E-state index in [1.54, 1.807) is 25.1 Å². The standard InChI is InChI=1S/C15H21BrN2O3/c1-4-9(3)13(17)14(19)18-12-7-6-10(8-11(12)16)15(20)21-5-2/h6-9,13H,4-5,17H2,1-3H3,(H,18,19)/t9-,13-/m0/s1. The van der Waals surface area contributed by atoms with E-state index in [-0.39, 0.29) is 11.8 Å². The van der Waals surface area contributed by atoms with E-state index in [0.29, 0.717) is 22.3 Å². The summed E-state index contributed by atoms with van der Waals surface area (Å²) in [6.07, 6.45) is 0.831. The third-order valence-corrected chi connectivity index (χ3v) is 3.95. The number of nitrogens with two attached hydrogens (primary N) is 1. The van der Waals surface area contributed by atoms with Crippen molar-refractivity contribution in [2.24, 2.45) is 11.7 Å². The van der Waals surface area contributed by atoms with E-state index in [2.05, 4.69) is 21.2 Å². The Kier molecular flexibility index (Phi) is 6.84. The highest BCUT2D eigenvalue weighted by Gasteiger charge is 2.20. The van der Waals surface area contributed by atoms with Crippen LogP contribution >= 0.6 is 15.9 Å². The first-order valence-electron chi connectivity index (χ1n) is 6.93. The lowest BCUT2D eigenvalue weighted by Crippen LogP contribution is -2.40. The summed E-state index contributed by atoms with van der Waals surface area (Å²) in [5.41, 5.74) is 6.89. The van der Waals surface area contributed by atoms with Gasteiger partial charge in [-0.15, -0.1) is 0 Å². The van der Waals surface area contributed by atoms with Crippen molar-refractivity contribution in [2.45, 2.75) is 33.2 Å². The fourth-order valence-electron chi connectivity index (χ4n) is 1.69. The van der Waals surface area contributed by atoms with Crippen molar-refractivity contribution in [3.8, 4) is 0 Å². The molecule has 21 heavy (non-hydrogen) atoms. The van der Waals surface area contributed by atoms with Crippen molar-refractivity contribution in [1.29, 1.82) is 0 Å². The minimum absolute atomic E-state index is 0.0996. The summed E-state index contributed by atoms with van der Waals surface area (Å²) in [6, 6.07) is 4.30. The van der Waals surface area contributed by atoms with Crippen LogP contribution < -0.4 is 11.1 Å². The molecule has 0 aliphatic heterocycles. The van der Waals surface area contributed by atoms with Crippen molar-refractivity contribution in [3.63, 3.8) is 0 Å². The number of carbonyl (C=O) groups is 2. The average molecular weight is 357 g/mol. The zero-order valence-electron chi connectivity index (χ0n) is 12.5. The Balaban J connectivity index is 2.81.